The maximum atomic E-state index is 12.0. The van der Waals surface area contributed by atoms with E-state index in [-0.39, 0.29) is 0 Å². The van der Waals surface area contributed by atoms with Crippen LogP contribution >= 0.6 is 0 Å². The largest absolute Gasteiger partial charge is 0.496 e. The van der Waals surface area contributed by atoms with Crippen LogP contribution in [0.5, 0.6) is 17.2 Å². The van der Waals surface area contributed by atoms with Crippen molar-refractivity contribution in [2.45, 2.75) is 20.0 Å². The summed E-state index contributed by atoms with van der Waals surface area (Å²) >= 11 is 0. The molecule has 0 heterocycles. The molecule has 0 unspecified atom stereocenters. The summed E-state index contributed by atoms with van der Waals surface area (Å²) in [4.78, 5) is 16.6. The van der Waals surface area contributed by atoms with Crippen LogP contribution < -0.4 is 24.8 Å². The molecule has 0 amide bonds. The molecule has 0 fully saturated rings. The van der Waals surface area contributed by atoms with Crippen LogP contribution in [0.2, 0.25) is 0 Å². The Morgan fingerprint density at radius 3 is 2.17 bits per heavy atom. The monoisotopic (exact) mass is 415 g/mol. The van der Waals surface area contributed by atoms with Gasteiger partial charge in [0.2, 0.25) is 0 Å². The van der Waals surface area contributed by atoms with Gasteiger partial charge in [0, 0.05) is 13.1 Å². The Kier molecular flexibility index (Phi) is 8.80. The lowest BCUT2D eigenvalue weighted by atomic mass is 10.1. The first-order valence-corrected chi connectivity index (χ1v) is 9.54. The Morgan fingerprint density at radius 2 is 1.53 bits per heavy atom. The molecule has 0 saturated heterocycles. The quantitative estimate of drug-likeness (QED) is 0.370. The third-order valence-corrected chi connectivity index (χ3v) is 4.34. The lowest BCUT2D eigenvalue weighted by Gasteiger charge is -2.13. The molecule has 0 radical (unpaired) electrons. The average molecular weight is 415 g/mol. The van der Waals surface area contributed by atoms with Gasteiger partial charge < -0.3 is 29.6 Å². The second kappa shape index (κ2) is 11.5. The molecule has 0 aliphatic carbocycles. The number of nitrogens with zero attached hydrogens (tertiary/aromatic N) is 1. The molecule has 0 saturated carbocycles. The van der Waals surface area contributed by atoms with Crippen LogP contribution in [0.25, 0.3) is 0 Å². The minimum absolute atomic E-state index is 0.371. The molecule has 30 heavy (non-hydrogen) atoms. The molecule has 2 N–H and O–H groups in total. The minimum atomic E-state index is -0.448. The number of methoxy groups -OCH3 is 4. The Hall–Kier alpha value is -3.42. The lowest BCUT2D eigenvalue weighted by molar-refractivity contribution is 0.0597. The van der Waals surface area contributed by atoms with Gasteiger partial charge in [-0.3, -0.25) is 0 Å². The Balaban J connectivity index is 2.12. The molecule has 0 aliphatic heterocycles. The summed E-state index contributed by atoms with van der Waals surface area (Å²) in [7, 11) is 6.07. The van der Waals surface area contributed by atoms with Crippen molar-refractivity contribution in [3.63, 3.8) is 0 Å². The van der Waals surface area contributed by atoms with Gasteiger partial charge in [-0.25, -0.2) is 9.79 Å². The number of hydrogen-bond acceptors (Lipinski definition) is 6. The SMILES string of the molecule is CCNC(=NCc1ccc(OC)c(C(=O)OC)c1)NCc1ccc(OC)c(OC)c1. The fourth-order valence-corrected chi connectivity index (χ4v) is 2.81. The first-order chi connectivity index (χ1) is 14.6. The van der Waals surface area contributed by atoms with Crippen LogP contribution in [0, 0.1) is 0 Å². The van der Waals surface area contributed by atoms with Gasteiger partial charge in [0.1, 0.15) is 11.3 Å². The van der Waals surface area contributed by atoms with E-state index in [1.807, 2.05) is 31.2 Å². The molecule has 0 atom stereocenters. The zero-order valence-corrected chi connectivity index (χ0v) is 18.1. The second-order valence-corrected chi connectivity index (χ2v) is 6.26. The highest BCUT2D eigenvalue weighted by Crippen LogP contribution is 2.27. The zero-order chi connectivity index (χ0) is 21.9. The summed E-state index contributed by atoms with van der Waals surface area (Å²) in [5.74, 6) is 2.03. The van der Waals surface area contributed by atoms with Gasteiger partial charge in [-0.1, -0.05) is 12.1 Å². The summed E-state index contributed by atoms with van der Waals surface area (Å²) < 4.78 is 20.7. The molecule has 8 nitrogen and oxygen atoms in total. The number of guanidine groups is 1. The van der Waals surface area contributed by atoms with E-state index in [1.54, 1.807) is 26.4 Å². The second-order valence-electron chi connectivity index (χ2n) is 6.26. The minimum Gasteiger partial charge on any atom is -0.496 e. The molecule has 162 valence electrons. The van der Waals surface area contributed by atoms with Gasteiger partial charge in [-0.05, 0) is 42.3 Å². The molecule has 2 aromatic carbocycles. The molecule has 8 heteroatoms. The van der Waals surface area contributed by atoms with E-state index in [0.29, 0.717) is 48.4 Å². The molecule has 2 aromatic rings. The van der Waals surface area contributed by atoms with Crippen molar-refractivity contribution in [1.29, 1.82) is 0 Å². The smallest absolute Gasteiger partial charge is 0.341 e. The molecular weight excluding hydrogens is 386 g/mol. The van der Waals surface area contributed by atoms with Gasteiger partial charge in [0.25, 0.3) is 0 Å². The van der Waals surface area contributed by atoms with E-state index in [4.69, 9.17) is 18.9 Å². The number of carbonyl (C=O) groups is 1. The van der Waals surface area contributed by atoms with Crippen molar-refractivity contribution >= 4 is 11.9 Å². The highest BCUT2D eigenvalue weighted by Gasteiger charge is 2.13. The van der Waals surface area contributed by atoms with Crippen LogP contribution in [0.15, 0.2) is 41.4 Å². The van der Waals surface area contributed by atoms with Gasteiger partial charge in [0.05, 0.1) is 35.0 Å². The number of nitrogens with one attached hydrogen (secondary N) is 2. The maximum Gasteiger partial charge on any atom is 0.341 e. The molecule has 0 spiro atoms. The fourth-order valence-electron chi connectivity index (χ4n) is 2.81. The van der Waals surface area contributed by atoms with Gasteiger partial charge >= 0.3 is 5.97 Å². The van der Waals surface area contributed by atoms with Crippen LogP contribution in [0.3, 0.4) is 0 Å². The van der Waals surface area contributed by atoms with E-state index < -0.39 is 5.97 Å². The first kappa shape index (κ1) is 22.9. The lowest BCUT2D eigenvalue weighted by Crippen LogP contribution is -2.36. The van der Waals surface area contributed by atoms with Crippen LogP contribution in [0.1, 0.15) is 28.4 Å². The van der Waals surface area contributed by atoms with Crippen LogP contribution in [-0.4, -0.2) is 46.9 Å². The van der Waals surface area contributed by atoms with E-state index >= 15 is 0 Å². The van der Waals surface area contributed by atoms with E-state index in [0.717, 1.165) is 11.1 Å². The first-order valence-electron chi connectivity index (χ1n) is 9.54. The van der Waals surface area contributed by atoms with Crippen LogP contribution in [0.4, 0.5) is 0 Å². The van der Waals surface area contributed by atoms with Gasteiger partial charge in [-0.15, -0.1) is 0 Å². The van der Waals surface area contributed by atoms with Crippen molar-refractivity contribution in [3.05, 3.63) is 53.1 Å². The predicted molar refractivity (Wildman–Crippen MR) is 116 cm³/mol. The van der Waals surface area contributed by atoms with Crippen molar-refractivity contribution in [3.8, 4) is 17.2 Å². The van der Waals surface area contributed by atoms with Crippen molar-refractivity contribution in [1.82, 2.24) is 10.6 Å². The van der Waals surface area contributed by atoms with Gasteiger partial charge in [0.15, 0.2) is 17.5 Å². The summed E-state index contributed by atoms with van der Waals surface area (Å²) in [6.45, 7) is 3.65. The molecule has 2 rings (SSSR count). The molecule has 0 aliphatic rings. The van der Waals surface area contributed by atoms with Crippen LogP contribution in [-0.2, 0) is 17.8 Å². The molecule has 0 aromatic heterocycles. The van der Waals surface area contributed by atoms with E-state index in [2.05, 4.69) is 15.6 Å². The number of benzene rings is 2. The number of esters is 1. The standard InChI is InChI=1S/C22H29N3O5/c1-6-23-22(25-14-16-8-10-19(28-3)20(12-16)29-4)24-13-15-7-9-18(27-2)17(11-15)21(26)30-5/h7-12H,6,13-14H2,1-5H3,(H2,23,24,25). The third kappa shape index (κ3) is 6.04. The number of hydrogen-bond donors (Lipinski definition) is 2. The molecule has 0 bridgehead atoms. The van der Waals surface area contributed by atoms with E-state index in [1.165, 1.54) is 14.2 Å². The highest BCUT2D eigenvalue weighted by molar-refractivity contribution is 5.92. The van der Waals surface area contributed by atoms with Gasteiger partial charge in [-0.2, -0.15) is 0 Å². The summed E-state index contributed by atoms with van der Waals surface area (Å²) in [6.07, 6.45) is 0. The summed E-state index contributed by atoms with van der Waals surface area (Å²) in [5.41, 5.74) is 2.26. The number of ether oxygens (including phenoxy) is 4. The van der Waals surface area contributed by atoms with Crippen molar-refractivity contribution in [2.24, 2.45) is 4.99 Å². The number of rotatable bonds is 9. The predicted octanol–water partition coefficient (Wildman–Crippen LogP) is 2.75. The van der Waals surface area contributed by atoms with Crippen molar-refractivity contribution in [2.75, 3.05) is 35.0 Å². The number of aliphatic imine (C=N–C) groups is 1. The van der Waals surface area contributed by atoms with E-state index in [9.17, 15) is 4.79 Å². The highest BCUT2D eigenvalue weighted by atomic mass is 16.5. The number of carbonyl (C=O) groups excluding carboxylic acids is 1. The summed E-state index contributed by atoms with van der Waals surface area (Å²) in [6, 6.07) is 11.1. The normalized spacial score (nSPS) is 10.9. The molecular formula is C22H29N3O5. The van der Waals surface area contributed by atoms with Crippen molar-refractivity contribution < 1.29 is 23.7 Å². The Bertz CT molecular complexity index is 883. The average Bonchev–Trinajstić information content (AvgIpc) is 2.79. The Labute approximate surface area is 177 Å². The summed E-state index contributed by atoms with van der Waals surface area (Å²) in [5, 5.41) is 6.51. The third-order valence-electron chi connectivity index (χ3n) is 4.34. The Morgan fingerprint density at radius 1 is 0.867 bits per heavy atom. The fraction of sp³-hybridized carbons (Fsp3) is 0.364. The maximum absolute atomic E-state index is 12.0. The topological polar surface area (TPSA) is 90.4 Å². The zero-order valence-electron chi connectivity index (χ0n) is 18.1.